The zero-order valence-corrected chi connectivity index (χ0v) is 22.0. The van der Waals surface area contributed by atoms with Gasteiger partial charge in [-0.25, -0.2) is 9.78 Å². The number of amides is 1. The molecule has 1 aromatic heterocycles. The van der Waals surface area contributed by atoms with E-state index in [4.69, 9.17) is 27.9 Å². The molecule has 1 amide bonds. The molecule has 1 aliphatic rings. The summed E-state index contributed by atoms with van der Waals surface area (Å²) in [7, 11) is 1.96. The van der Waals surface area contributed by atoms with Crippen LogP contribution in [0, 0.1) is 3.57 Å². The maximum Gasteiger partial charge on any atom is 0.410 e. The Hall–Kier alpha value is -0.580. The Bertz CT molecular complexity index is 970. The number of ether oxygens (including phenoxy) is 1. The number of likely N-dealkylation sites (tertiary alicyclic amines) is 1. The van der Waals surface area contributed by atoms with Crippen LogP contribution >= 0.6 is 61.7 Å². The van der Waals surface area contributed by atoms with Crippen molar-refractivity contribution in [2.75, 3.05) is 18.5 Å². The van der Waals surface area contributed by atoms with Crippen LogP contribution in [-0.2, 0) is 4.74 Å². The molecule has 0 unspecified atom stereocenters. The van der Waals surface area contributed by atoms with Gasteiger partial charge in [-0.3, -0.25) is 0 Å². The summed E-state index contributed by atoms with van der Waals surface area (Å²) < 4.78 is 7.21. The van der Waals surface area contributed by atoms with Gasteiger partial charge in [0.1, 0.15) is 11.4 Å². The third-order valence-corrected chi connectivity index (χ3v) is 8.26. The largest absolute Gasteiger partial charge is 0.444 e. The van der Waals surface area contributed by atoms with E-state index in [1.165, 1.54) is 0 Å². The average Bonchev–Trinajstić information content (AvgIpc) is 2.99. The van der Waals surface area contributed by atoms with Gasteiger partial charge in [0.25, 0.3) is 0 Å². The summed E-state index contributed by atoms with van der Waals surface area (Å²) in [6, 6.07) is 1.84. The van der Waals surface area contributed by atoms with Crippen LogP contribution in [0.1, 0.15) is 34.1 Å². The number of hydrogen-bond donors (Lipinski definition) is 0. The number of likely N-dealkylation sites (N-methyl/N-ethyl adjacent to an activating group) is 1. The fourth-order valence-electron chi connectivity index (χ4n) is 3.58. The second-order valence-corrected chi connectivity index (χ2v) is 10.7. The summed E-state index contributed by atoms with van der Waals surface area (Å²) in [5.74, 6) is 0.690. The molecule has 1 fully saturated rings. The van der Waals surface area contributed by atoms with E-state index < -0.39 is 5.60 Å². The van der Waals surface area contributed by atoms with Crippen molar-refractivity contribution in [1.29, 1.82) is 0 Å². The van der Waals surface area contributed by atoms with E-state index in [-0.39, 0.29) is 23.5 Å². The van der Waals surface area contributed by atoms with E-state index in [9.17, 15) is 4.79 Å². The highest BCUT2D eigenvalue weighted by atomic mass is 127. The molecule has 10 heteroatoms. The minimum atomic E-state index is -0.530. The number of fused-ring (bicyclic) bond motifs is 1. The maximum atomic E-state index is 12.6. The number of halogens is 4. The highest BCUT2D eigenvalue weighted by Gasteiger charge is 2.39. The van der Waals surface area contributed by atoms with Crippen LogP contribution in [0.5, 0.6) is 0 Å². The molecule has 1 saturated heterocycles. The van der Waals surface area contributed by atoms with Gasteiger partial charge in [-0.05, 0) is 90.3 Å². The van der Waals surface area contributed by atoms with E-state index in [1.807, 2.05) is 40.8 Å². The second-order valence-electron chi connectivity index (χ2n) is 8.08. The predicted molar refractivity (Wildman–Crippen MR) is 129 cm³/mol. The Morgan fingerprint density at radius 3 is 2.66 bits per heavy atom. The second kappa shape index (κ2) is 8.51. The molecule has 29 heavy (non-hydrogen) atoms. The first kappa shape index (κ1) is 23.1. The Morgan fingerprint density at radius 1 is 1.38 bits per heavy atom. The topological polar surface area (TPSA) is 58.6 Å². The molecule has 2 atom stereocenters. The van der Waals surface area contributed by atoms with Crippen molar-refractivity contribution in [1.82, 2.24) is 14.9 Å². The predicted octanol–water partition coefficient (Wildman–Crippen LogP) is 6.14. The first-order chi connectivity index (χ1) is 13.4. The number of rotatable bonds is 2. The number of carbonyl (C=O) groups is 1. The summed E-state index contributed by atoms with van der Waals surface area (Å²) in [6.45, 7) is 8.25. The fourth-order valence-corrected chi connectivity index (χ4v) is 5.11. The van der Waals surface area contributed by atoms with E-state index in [2.05, 4.69) is 53.4 Å². The van der Waals surface area contributed by atoms with E-state index in [1.54, 1.807) is 4.90 Å². The van der Waals surface area contributed by atoms with Gasteiger partial charge in [-0.1, -0.05) is 11.6 Å². The quantitative estimate of drug-likeness (QED) is 0.231. The number of anilines is 1. The lowest BCUT2D eigenvalue weighted by molar-refractivity contribution is 0.0233. The van der Waals surface area contributed by atoms with Crippen molar-refractivity contribution in [3.8, 4) is 0 Å². The van der Waals surface area contributed by atoms with Gasteiger partial charge in [0.05, 0.1) is 30.7 Å². The van der Waals surface area contributed by atoms with Crippen LogP contribution < -0.4 is 4.90 Å². The van der Waals surface area contributed by atoms with Gasteiger partial charge < -0.3 is 14.5 Å². The average molecular weight is 616 g/mol. The van der Waals surface area contributed by atoms with Crippen LogP contribution in [0.3, 0.4) is 0 Å². The first-order valence-corrected chi connectivity index (χ1v) is 11.8. The minimum Gasteiger partial charge on any atom is -0.444 e. The molecule has 2 aromatic rings. The first-order valence-electron chi connectivity index (χ1n) is 9.14. The molecule has 0 aliphatic carbocycles. The molecule has 0 spiro atoms. The molecule has 0 N–H and O–H groups in total. The Balaban J connectivity index is 1.96. The lowest BCUT2D eigenvalue weighted by atomic mass is 10.1. The molecule has 1 aromatic carbocycles. The zero-order valence-electron chi connectivity index (χ0n) is 16.8. The highest BCUT2D eigenvalue weighted by Crippen LogP contribution is 2.38. The van der Waals surface area contributed by atoms with E-state index in [0.29, 0.717) is 17.4 Å². The summed E-state index contributed by atoms with van der Waals surface area (Å²) in [5.41, 5.74) is 0.205. The normalized spacial score (nSPS) is 19.7. The molecule has 0 bridgehead atoms. The highest BCUT2D eigenvalue weighted by molar-refractivity contribution is 14.1. The smallest absolute Gasteiger partial charge is 0.410 e. The van der Waals surface area contributed by atoms with Crippen LogP contribution in [0.25, 0.3) is 10.9 Å². The fraction of sp³-hybridized carbons (Fsp3) is 0.526. The van der Waals surface area contributed by atoms with Crippen molar-refractivity contribution in [3.63, 3.8) is 0 Å². The monoisotopic (exact) mass is 614 g/mol. The SMILES string of the molecule is C[C@@H]1[C@H](N(C)c2nc(Cl)nc3c(I)c(Br)c(Cl)cc23)CCN1C(=O)OC(C)(C)C. The van der Waals surface area contributed by atoms with Crippen molar-refractivity contribution < 1.29 is 9.53 Å². The molecular formula is C19H22BrCl2IN4O2. The van der Waals surface area contributed by atoms with Crippen LogP contribution in [0.2, 0.25) is 10.3 Å². The van der Waals surface area contributed by atoms with Gasteiger partial charge >= 0.3 is 6.09 Å². The molecular weight excluding hydrogens is 594 g/mol. The lowest BCUT2D eigenvalue weighted by Gasteiger charge is -2.33. The summed E-state index contributed by atoms with van der Waals surface area (Å²) >= 11 is 18.3. The Kier molecular flexibility index (Phi) is 6.78. The summed E-state index contributed by atoms with van der Waals surface area (Å²) in [4.78, 5) is 25.3. The summed E-state index contributed by atoms with van der Waals surface area (Å²) in [6.07, 6.45) is 0.495. The third-order valence-electron chi connectivity index (χ3n) is 4.95. The van der Waals surface area contributed by atoms with Crippen molar-refractivity contribution in [2.24, 2.45) is 0 Å². The molecule has 0 saturated carbocycles. The number of nitrogens with zero attached hydrogens (tertiary/aromatic N) is 4. The third kappa shape index (κ3) is 4.70. The number of aromatic nitrogens is 2. The summed E-state index contributed by atoms with van der Waals surface area (Å²) in [5, 5.41) is 1.57. The van der Waals surface area contributed by atoms with E-state index >= 15 is 0 Å². The van der Waals surface area contributed by atoms with Crippen LogP contribution in [0.4, 0.5) is 10.6 Å². The van der Waals surface area contributed by atoms with Gasteiger partial charge in [-0.2, -0.15) is 4.98 Å². The number of carbonyl (C=O) groups excluding carboxylic acids is 1. The van der Waals surface area contributed by atoms with Crippen LogP contribution in [-0.4, -0.2) is 52.2 Å². The lowest BCUT2D eigenvalue weighted by Crippen LogP contribution is -2.45. The molecule has 0 radical (unpaired) electrons. The van der Waals surface area contributed by atoms with Crippen molar-refractivity contribution in [3.05, 3.63) is 24.4 Å². The minimum absolute atomic E-state index is 0.0522. The molecule has 2 heterocycles. The van der Waals surface area contributed by atoms with Crippen molar-refractivity contribution in [2.45, 2.75) is 51.8 Å². The maximum absolute atomic E-state index is 12.6. The van der Waals surface area contributed by atoms with Crippen LogP contribution in [0.15, 0.2) is 10.5 Å². The molecule has 3 rings (SSSR count). The van der Waals surface area contributed by atoms with E-state index in [0.717, 1.165) is 25.4 Å². The van der Waals surface area contributed by atoms with Gasteiger partial charge in [-0.15, -0.1) is 0 Å². The Labute approximate surface area is 202 Å². The Morgan fingerprint density at radius 2 is 2.03 bits per heavy atom. The number of benzene rings is 1. The standard InChI is InChI=1S/C19H22BrCl2IN4O2/c1-9-12(6-7-27(9)18(28)29-19(2,3)4)26(5)16-10-8-11(21)13(20)14(23)15(10)24-17(22)25-16/h8-9,12H,6-7H2,1-5H3/t9-,12-/m1/s1. The molecule has 158 valence electrons. The van der Waals surface area contributed by atoms with Gasteiger partial charge in [0.2, 0.25) is 5.28 Å². The van der Waals surface area contributed by atoms with Gasteiger partial charge in [0, 0.05) is 19.0 Å². The van der Waals surface area contributed by atoms with Gasteiger partial charge in [0.15, 0.2) is 0 Å². The zero-order chi connectivity index (χ0) is 21.7. The van der Waals surface area contributed by atoms with Crippen molar-refractivity contribution >= 4 is 84.5 Å². The number of hydrogen-bond acceptors (Lipinski definition) is 5. The molecule has 6 nitrogen and oxygen atoms in total. The molecule has 1 aliphatic heterocycles.